The second kappa shape index (κ2) is 10.5. The summed E-state index contributed by atoms with van der Waals surface area (Å²) in [5.41, 5.74) is 2.62. The number of allylic oxidation sites excluding steroid dienone is 2. The number of rotatable bonds is 7. The number of carbonyl (C=O) groups excluding carboxylic acids is 2. The Hall–Kier alpha value is -3.45. The molecule has 5 rings (SSSR count). The molecule has 2 fully saturated rings. The van der Waals surface area contributed by atoms with Crippen molar-refractivity contribution in [2.75, 3.05) is 19.6 Å². The molecule has 0 aromatic heterocycles. The molecule has 2 aromatic carbocycles. The fraction of sp³-hybridized carbons (Fsp3) is 0.400. The summed E-state index contributed by atoms with van der Waals surface area (Å²) in [6.07, 6.45) is 2.40. The number of carbonyl (C=O) groups is 2. The predicted octanol–water partition coefficient (Wildman–Crippen LogP) is 3.99. The van der Waals surface area contributed by atoms with E-state index in [-0.39, 0.29) is 41.8 Å². The zero-order chi connectivity index (χ0) is 26.0. The number of fused-ring (bicyclic) bond motifs is 1. The summed E-state index contributed by atoms with van der Waals surface area (Å²) in [7, 11) is 0. The molecular formula is C30H35FN4O2. The second-order valence-corrected chi connectivity index (χ2v) is 10.4. The van der Waals surface area contributed by atoms with Crippen LogP contribution < -0.4 is 16.0 Å². The van der Waals surface area contributed by atoms with Crippen molar-refractivity contribution in [3.63, 3.8) is 0 Å². The molecule has 2 amide bonds. The first-order valence-electron chi connectivity index (χ1n) is 13.2. The zero-order valence-electron chi connectivity index (χ0n) is 21.5. The number of likely N-dealkylation sites (tertiary alicyclic amines) is 1. The van der Waals surface area contributed by atoms with E-state index in [0.29, 0.717) is 31.9 Å². The molecule has 0 bridgehead atoms. The molecular weight excluding hydrogens is 467 g/mol. The first-order chi connectivity index (χ1) is 17.9. The van der Waals surface area contributed by atoms with Gasteiger partial charge in [0.1, 0.15) is 11.4 Å². The van der Waals surface area contributed by atoms with E-state index in [2.05, 4.69) is 33.0 Å². The number of amides is 2. The van der Waals surface area contributed by atoms with Gasteiger partial charge < -0.3 is 16.0 Å². The van der Waals surface area contributed by atoms with Crippen LogP contribution in [0.25, 0.3) is 0 Å². The monoisotopic (exact) mass is 502 g/mol. The molecule has 37 heavy (non-hydrogen) atoms. The van der Waals surface area contributed by atoms with E-state index in [0.717, 1.165) is 23.2 Å². The van der Waals surface area contributed by atoms with E-state index in [1.54, 1.807) is 0 Å². The first-order valence-corrected chi connectivity index (χ1v) is 13.2. The van der Waals surface area contributed by atoms with E-state index in [1.165, 1.54) is 6.08 Å². The Morgan fingerprint density at radius 1 is 1.14 bits per heavy atom. The number of piperidine rings is 1. The summed E-state index contributed by atoms with van der Waals surface area (Å²) in [5, 5.41) is 9.39. The van der Waals surface area contributed by atoms with Gasteiger partial charge in [-0.15, -0.1) is 0 Å². The van der Waals surface area contributed by atoms with Crippen molar-refractivity contribution in [2.24, 2.45) is 11.8 Å². The lowest BCUT2D eigenvalue weighted by atomic mass is 9.74. The Kier molecular flexibility index (Phi) is 7.15. The van der Waals surface area contributed by atoms with Crippen LogP contribution in [0.4, 0.5) is 4.39 Å². The van der Waals surface area contributed by atoms with Crippen LogP contribution in [0.1, 0.15) is 43.7 Å². The van der Waals surface area contributed by atoms with Gasteiger partial charge in [-0.1, -0.05) is 60.7 Å². The Balaban J connectivity index is 1.42. The average Bonchev–Trinajstić information content (AvgIpc) is 3.19. The minimum atomic E-state index is -0.943. The molecule has 4 atom stereocenters. The van der Waals surface area contributed by atoms with Gasteiger partial charge in [-0.2, -0.15) is 0 Å². The highest BCUT2D eigenvalue weighted by Crippen LogP contribution is 2.46. The van der Waals surface area contributed by atoms with E-state index in [4.69, 9.17) is 0 Å². The van der Waals surface area contributed by atoms with E-state index < -0.39 is 5.54 Å². The molecule has 0 radical (unpaired) electrons. The van der Waals surface area contributed by atoms with Crippen LogP contribution >= 0.6 is 0 Å². The van der Waals surface area contributed by atoms with Crippen molar-refractivity contribution in [1.82, 2.24) is 20.9 Å². The lowest BCUT2D eigenvalue weighted by Crippen LogP contribution is -2.60. The molecule has 3 aliphatic rings. The predicted molar refractivity (Wildman–Crippen MR) is 142 cm³/mol. The van der Waals surface area contributed by atoms with E-state index >= 15 is 0 Å². The van der Waals surface area contributed by atoms with E-state index in [9.17, 15) is 14.0 Å². The molecule has 1 unspecified atom stereocenters. The van der Waals surface area contributed by atoms with Gasteiger partial charge in [-0.3, -0.25) is 14.5 Å². The molecule has 194 valence electrons. The molecule has 2 aromatic rings. The summed E-state index contributed by atoms with van der Waals surface area (Å²) in [4.78, 5) is 29.3. The Bertz CT molecular complexity index is 1210. The van der Waals surface area contributed by atoms with Crippen LogP contribution in [-0.4, -0.2) is 41.9 Å². The fourth-order valence-corrected chi connectivity index (χ4v) is 6.18. The van der Waals surface area contributed by atoms with Gasteiger partial charge in [0.25, 0.3) is 0 Å². The first kappa shape index (κ1) is 25.2. The van der Waals surface area contributed by atoms with Crippen LogP contribution in [0.15, 0.2) is 84.0 Å². The lowest BCUT2D eigenvalue weighted by Gasteiger charge is -2.47. The Morgan fingerprint density at radius 3 is 2.54 bits per heavy atom. The number of hydrogen-bond acceptors (Lipinski definition) is 4. The summed E-state index contributed by atoms with van der Waals surface area (Å²) < 4.78 is 14.7. The molecule has 2 heterocycles. The summed E-state index contributed by atoms with van der Waals surface area (Å²) in [6.45, 7) is 6.02. The summed E-state index contributed by atoms with van der Waals surface area (Å²) >= 11 is 0. The van der Waals surface area contributed by atoms with Crippen LogP contribution in [0, 0.1) is 11.8 Å². The SMILES string of the molecule is CCNC1=C2NC(=O)[C@](C)(N3CC[C@@H](c4ccccc4)[C@@H](C(=O)NCc4ccccc4)C3)C2CC(F)=C1. The summed E-state index contributed by atoms with van der Waals surface area (Å²) in [6, 6.07) is 20.0. The van der Waals surface area contributed by atoms with Crippen molar-refractivity contribution in [1.29, 1.82) is 0 Å². The number of halogens is 1. The van der Waals surface area contributed by atoms with Crippen LogP contribution in [0.2, 0.25) is 0 Å². The Morgan fingerprint density at radius 2 is 1.84 bits per heavy atom. The van der Waals surface area contributed by atoms with Gasteiger partial charge >= 0.3 is 0 Å². The van der Waals surface area contributed by atoms with Gasteiger partial charge in [0.2, 0.25) is 11.8 Å². The molecule has 7 heteroatoms. The van der Waals surface area contributed by atoms with Gasteiger partial charge in [0.15, 0.2) is 0 Å². The number of benzene rings is 2. The molecule has 2 saturated heterocycles. The highest BCUT2D eigenvalue weighted by Gasteiger charge is 2.56. The minimum Gasteiger partial charge on any atom is -0.384 e. The third-order valence-electron chi connectivity index (χ3n) is 8.24. The minimum absolute atomic E-state index is 0.0248. The number of likely N-dealkylation sites (N-methyl/N-ethyl adjacent to an activating group) is 1. The van der Waals surface area contributed by atoms with Crippen molar-refractivity contribution in [3.8, 4) is 0 Å². The third kappa shape index (κ3) is 4.80. The van der Waals surface area contributed by atoms with E-state index in [1.807, 2.05) is 62.4 Å². The number of hydrogen-bond donors (Lipinski definition) is 3. The Labute approximate surface area is 218 Å². The molecule has 0 spiro atoms. The van der Waals surface area contributed by atoms with Gasteiger partial charge in [-0.05, 0) is 49.9 Å². The van der Waals surface area contributed by atoms with Crippen molar-refractivity contribution >= 4 is 11.8 Å². The number of nitrogens with zero attached hydrogens (tertiary/aromatic N) is 1. The molecule has 0 saturated carbocycles. The molecule has 2 aliphatic heterocycles. The third-order valence-corrected chi connectivity index (χ3v) is 8.24. The van der Waals surface area contributed by atoms with Gasteiger partial charge in [0, 0.05) is 37.7 Å². The van der Waals surface area contributed by atoms with Crippen LogP contribution in [0.5, 0.6) is 0 Å². The quantitative estimate of drug-likeness (QED) is 0.535. The highest BCUT2D eigenvalue weighted by atomic mass is 19.1. The second-order valence-electron chi connectivity index (χ2n) is 10.4. The maximum absolute atomic E-state index is 14.7. The van der Waals surface area contributed by atoms with Crippen molar-refractivity contribution in [2.45, 2.75) is 44.7 Å². The topological polar surface area (TPSA) is 73.5 Å². The maximum Gasteiger partial charge on any atom is 0.245 e. The molecule has 6 nitrogen and oxygen atoms in total. The molecule has 1 aliphatic carbocycles. The normalized spacial score (nSPS) is 27.8. The van der Waals surface area contributed by atoms with Gasteiger partial charge in [-0.25, -0.2) is 4.39 Å². The number of nitrogens with one attached hydrogen (secondary N) is 3. The maximum atomic E-state index is 14.7. The zero-order valence-corrected chi connectivity index (χ0v) is 21.5. The van der Waals surface area contributed by atoms with Crippen molar-refractivity contribution in [3.05, 3.63) is 95.1 Å². The average molecular weight is 503 g/mol. The van der Waals surface area contributed by atoms with Crippen LogP contribution in [0.3, 0.4) is 0 Å². The van der Waals surface area contributed by atoms with Crippen molar-refractivity contribution < 1.29 is 14.0 Å². The standard InChI is InChI=1S/C30H35FN4O2/c1-3-32-26-17-22(31)16-25-27(26)34-29(37)30(25,2)35-15-14-23(21-12-8-5-9-13-21)24(19-35)28(36)33-18-20-10-6-4-7-11-20/h4-13,17,23-25,32H,3,14-16,18-19H2,1-2H3,(H,33,36)(H,34,37)/t23-,24-,25?,30+/m0/s1. The lowest BCUT2D eigenvalue weighted by molar-refractivity contribution is -0.137. The van der Waals surface area contributed by atoms with Gasteiger partial charge in [0.05, 0.1) is 11.6 Å². The highest BCUT2D eigenvalue weighted by molar-refractivity contribution is 5.92. The fourth-order valence-electron chi connectivity index (χ4n) is 6.18. The largest absolute Gasteiger partial charge is 0.384 e. The molecule has 3 N–H and O–H groups in total. The smallest absolute Gasteiger partial charge is 0.245 e. The van der Waals surface area contributed by atoms with Crippen LogP contribution in [-0.2, 0) is 16.1 Å². The summed E-state index contributed by atoms with van der Waals surface area (Å²) in [5.74, 6) is -1.02.